The van der Waals surface area contributed by atoms with Gasteiger partial charge in [-0.2, -0.15) is 0 Å². The lowest BCUT2D eigenvalue weighted by Gasteiger charge is -2.51. The molecule has 4 nitrogen and oxygen atoms in total. The Morgan fingerprint density at radius 3 is 2.26 bits per heavy atom. The molecule has 2 aliphatic heterocycles. The Morgan fingerprint density at radius 2 is 1.68 bits per heavy atom. The fourth-order valence-corrected chi connectivity index (χ4v) is 3.81. The number of nitrogens with one attached hydrogen (secondary N) is 1. The minimum absolute atomic E-state index is 0. The van der Waals surface area contributed by atoms with Crippen molar-refractivity contribution in [3.05, 3.63) is 0 Å². The molecule has 1 N–H and O–H groups in total. The molecule has 0 radical (unpaired) electrons. The Hall–Kier alpha value is -0.320. The number of carbonyl (C=O) groups is 1. The number of rotatable bonds is 1. The van der Waals surface area contributed by atoms with Crippen LogP contribution in [0.15, 0.2) is 0 Å². The van der Waals surface area contributed by atoms with Crippen molar-refractivity contribution in [2.24, 2.45) is 11.3 Å². The van der Waals surface area contributed by atoms with Crippen molar-refractivity contribution in [1.82, 2.24) is 15.1 Å². The van der Waals surface area contributed by atoms with Crippen LogP contribution in [-0.4, -0.2) is 62.0 Å². The smallest absolute Gasteiger partial charge is 0.225 e. The minimum Gasteiger partial charge on any atom is -0.340 e. The third kappa shape index (κ3) is 3.06. The van der Waals surface area contributed by atoms with Crippen LogP contribution in [0.2, 0.25) is 0 Å². The van der Waals surface area contributed by atoms with Crippen LogP contribution >= 0.6 is 12.4 Å². The Balaban J connectivity index is 0.00000133. The van der Waals surface area contributed by atoms with Crippen LogP contribution in [0.25, 0.3) is 0 Å². The lowest BCUT2D eigenvalue weighted by molar-refractivity contribution is -0.146. The fourth-order valence-electron chi connectivity index (χ4n) is 3.81. The van der Waals surface area contributed by atoms with Crippen LogP contribution in [0.4, 0.5) is 0 Å². The number of hydrogen-bond donors (Lipinski definition) is 1. The van der Waals surface area contributed by atoms with E-state index in [1.54, 1.807) is 0 Å². The van der Waals surface area contributed by atoms with Gasteiger partial charge in [-0.15, -0.1) is 12.4 Å². The maximum absolute atomic E-state index is 12.4. The number of nitrogens with zero attached hydrogens (tertiary/aromatic N) is 2. The predicted molar refractivity (Wildman–Crippen MR) is 78.6 cm³/mol. The third-order valence-electron chi connectivity index (χ3n) is 5.19. The molecule has 0 aromatic carbocycles. The van der Waals surface area contributed by atoms with E-state index in [1.807, 2.05) is 0 Å². The van der Waals surface area contributed by atoms with Crippen LogP contribution in [0.3, 0.4) is 0 Å². The Kier molecular flexibility index (Phi) is 4.75. The molecular formula is C14H26ClN3O. The van der Waals surface area contributed by atoms with E-state index in [0.29, 0.717) is 17.2 Å². The van der Waals surface area contributed by atoms with Gasteiger partial charge in [-0.25, -0.2) is 0 Å². The second-order valence-corrected chi connectivity index (χ2v) is 6.48. The summed E-state index contributed by atoms with van der Waals surface area (Å²) in [5, 5.41) is 3.42. The average molecular weight is 288 g/mol. The molecule has 19 heavy (non-hydrogen) atoms. The summed E-state index contributed by atoms with van der Waals surface area (Å²) < 4.78 is 0. The van der Waals surface area contributed by atoms with Crippen molar-refractivity contribution in [2.45, 2.75) is 25.7 Å². The highest BCUT2D eigenvalue weighted by Crippen LogP contribution is 2.52. The first kappa shape index (κ1) is 15.1. The summed E-state index contributed by atoms with van der Waals surface area (Å²) in [5.74, 6) is 0.777. The first-order chi connectivity index (χ1) is 8.69. The zero-order valence-corrected chi connectivity index (χ0v) is 12.7. The van der Waals surface area contributed by atoms with Crippen LogP contribution in [0, 0.1) is 11.3 Å². The van der Waals surface area contributed by atoms with Crippen molar-refractivity contribution >= 4 is 18.3 Å². The molecule has 2 saturated heterocycles. The number of piperidine rings is 1. The zero-order valence-electron chi connectivity index (χ0n) is 11.9. The van der Waals surface area contributed by atoms with Crippen molar-refractivity contribution in [1.29, 1.82) is 0 Å². The molecule has 3 rings (SSSR count). The standard InChI is InChI=1S/C14H25N3O.ClH/c1-16-6-8-17(9-7-16)13(18)12-10-14(11-12)2-4-15-5-3-14;/h12,15H,2-11H2,1H3;1H. The maximum atomic E-state index is 12.4. The van der Waals surface area contributed by atoms with Crippen LogP contribution in [0.1, 0.15) is 25.7 Å². The van der Waals surface area contributed by atoms with E-state index in [9.17, 15) is 4.79 Å². The lowest BCUT2D eigenvalue weighted by atomic mass is 9.57. The zero-order chi connectivity index (χ0) is 12.6. The molecule has 3 aliphatic rings. The number of amides is 1. The number of piperazine rings is 1. The first-order valence-electron chi connectivity index (χ1n) is 7.37. The molecule has 1 spiro atoms. The van der Waals surface area contributed by atoms with Crippen molar-refractivity contribution in [2.75, 3.05) is 46.3 Å². The van der Waals surface area contributed by atoms with Crippen LogP contribution < -0.4 is 5.32 Å². The van der Waals surface area contributed by atoms with E-state index in [1.165, 1.54) is 12.8 Å². The summed E-state index contributed by atoms with van der Waals surface area (Å²) in [6.45, 7) is 6.23. The summed E-state index contributed by atoms with van der Waals surface area (Å²) in [6, 6.07) is 0. The molecule has 1 aliphatic carbocycles. The van der Waals surface area contributed by atoms with E-state index in [4.69, 9.17) is 0 Å². The quantitative estimate of drug-likeness (QED) is 0.780. The topological polar surface area (TPSA) is 35.6 Å². The molecule has 5 heteroatoms. The van der Waals surface area contributed by atoms with Gasteiger partial charge in [-0.1, -0.05) is 0 Å². The van der Waals surface area contributed by atoms with Gasteiger partial charge in [0.1, 0.15) is 0 Å². The molecule has 110 valence electrons. The van der Waals surface area contributed by atoms with Gasteiger partial charge in [0.25, 0.3) is 0 Å². The molecule has 0 bridgehead atoms. The van der Waals surface area contributed by atoms with E-state index in [2.05, 4.69) is 22.2 Å². The summed E-state index contributed by atoms with van der Waals surface area (Å²) in [4.78, 5) is 16.8. The predicted octanol–water partition coefficient (Wildman–Crippen LogP) is 0.962. The van der Waals surface area contributed by atoms with Crippen molar-refractivity contribution in [3.8, 4) is 0 Å². The van der Waals surface area contributed by atoms with E-state index in [0.717, 1.165) is 52.1 Å². The number of hydrogen-bond acceptors (Lipinski definition) is 3. The third-order valence-corrected chi connectivity index (χ3v) is 5.19. The van der Waals surface area contributed by atoms with Crippen molar-refractivity contribution < 1.29 is 4.79 Å². The average Bonchev–Trinajstić information content (AvgIpc) is 2.37. The highest BCUT2D eigenvalue weighted by atomic mass is 35.5. The Morgan fingerprint density at radius 1 is 1.11 bits per heavy atom. The summed E-state index contributed by atoms with van der Waals surface area (Å²) in [7, 11) is 2.13. The molecule has 0 unspecified atom stereocenters. The summed E-state index contributed by atoms with van der Waals surface area (Å²) in [6.07, 6.45) is 4.86. The van der Waals surface area contributed by atoms with Gasteiger partial charge in [0.2, 0.25) is 5.91 Å². The normalized spacial score (nSPS) is 27.7. The highest BCUT2D eigenvalue weighted by Gasteiger charge is 2.48. The van der Waals surface area contributed by atoms with E-state index in [-0.39, 0.29) is 12.4 Å². The maximum Gasteiger partial charge on any atom is 0.225 e. The van der Waals surface area contributed by atoms with Gasteiger partial charge < -0.3 is 15.1 Å². The summed E-state index contributed by atoms with van der Waals surface area (Å²) in [5.41, 5.74) is 0.526. The van der Waals surface area contributed by atoms with Gasteiger partial charge >= 0.3 is 0 Å². The largest absolute Gasteiger partial charge is 0.340 e. The van der Waals surface area contributed by atoms with Crippen LogP contribution in [0.5, 0.6) is 0 Å². The molecule has 0 aromatic heterocycles. The number of likely N-dealkylation sites (N-methyl/N-ethyl adjacent to an activating group) is 1. The monoisotopic (exact) mass is 287 g/mol. The van der Waals surface area contributed by atoms with E-state index < -0.39 is 0 Å². The SMILES string of the molecule is CN1CCN(C(=O)C2CC3(CCNCC3)C2)CC1.Cl. The Bertz CT molecular complexity index is 315. The Labute approximate surface area is 122 Å². The highest BCUT2D eigenvalue weighted by molar-refractivity contribution is 5.85. The van der Waals surface area contributed by atoms with Gasteiger partial charge in [0, 0.05) is 32.1 Å². The van der Waals surface area contributed by atoms with Gasteiger partial charge in [0.05, 0.1) is 0 Å². The number of carbonyl (C=O) groups excluding carboxylic acids is 1. The second-order valence-electron chi connectivity index (χ2n) is 6.48. The van der Waals surface area contributed by atoms with Crippen LogP contribution in [-0.2, 0) is 4.79 Å². The van der Waals surface area contributed by atoms with Crippen molar-refractivity contribution in [3.63, 3.8) is 0 Å². The van der Waals surface area contributed by atoms with Gasteiger partial charge in [-0.3, -0.25) is 4.79 Å². The fraction of sp³-hybridized carbons (Fsp3) is 0.929. The lowest BCUT2D eigenvalue weighted by Crippen LogP contribution is -2.54. The van der Waals surface area contributed by atoms with Gasteiger partial charge in [-0.05, 0) is 51.2 Å². The molecule has 1 saturated carbocycles. The van der Waals surface area contributed by atoms with Gasteiger partial charge in [0.15, 0.2) is 0 Å². The molecule has 0 aromatic rings. The number of halogens is 1. The first-order valence-corrected chi connectivity index (χ1v) is 7.37. The summed E-state index contributed by atoms with van der Waals surface area (Å²) >= 11 is 0. The van der Waals surface area contributed by atoms with E-state index >= 15 is 0 Å². The molecular weight excluding hydrogens is 262 g/mol. The molecule has 1 amide bonds. The molecule has 0 atom stereocenters. The molecule has 3 fully saturated rings. The second kappa shape index (κ2) is 5.98. The minimum atomic E-state index is 0. The molecule has 2 heterocycles.